The number of carbonyl (C=O) groups is 1. The van der Waals surface area contributed by atoms with Gasteiger partial charge in [-0.25, -0.2) is 4.79 Å². The van der Waals surface area contributed by atoms with Gasteiger partial charge in [-0.15, -0.1) is 0 Å². The Labute approximate surface area is 76.7 Å². The van der Waals surface area contributed by atoms with Crippen molar-refractivity contribution in [1.82, 2.24) is 0 Å². The second-order valence-corrected chi connectivity index (χ2v) is 2.30. The Morgan fingerprint density at radius 1 is 1.50 bits per heavy atom. The zero-order valence-electron chi connectivity index (χ0n) is 7.21. The van der Waals surface area contributed by atoms with Gasteiger partial charge in [0.25, 0.3) is 0 Å². The fourth-order valence-electron chi connectivity index (χ4n) is 0.547. The van der Waals surface area contributed by atoms with Gasteiger partial charge in [-0.1, -0.05) is 11.6 Å². The molecule has 1 unspecified atom stereocenters. The second kappa shape index (κ2) is 7.34. The molecular formula is C7H13ClO4. The average molecular weight is 197 g/mol. The molecule has 0 aliphatic rings. The number of halogens is 1. The summed E-state index contributed by atoms with van der Waals surface area (Å²) in [7, 11) is 1.56. The van der Waals surface area contributed by atoms with E-state index in [0.717, 1.165) is 0 Å². The number of hydrogen-bond acceptors (Lipinski definition) is 4. The maximum absolute atomic E-state index is 10.9. The second-order valence-electron chi connectivity index (χ2n) is 2.08. The van der Waals surface area contributed by atoms with Gasteiger partial charge in [0, 0.05) is 7.11 Å². The van der Waals surface area contributed by atoms with Gasteiger partial charge in [0.2, 0.25) is 0 Å². The van der Waals surface area contributed by atoms with Crippen LogP contribution in [0.15, 0.2) is 0 Å². The standard InChI is InChI=1S/C7H13ClO4/c1-6(7(9)12-5-8)11-4-3-10-2/h6H,3-5H2,1-2H3. The molecule has 0 heterocycles. The zero-order chi connectivity index (χ0) is 9.40. The first-order chi connectivity index (χ1) is 5.72. The van der Waals surface area contributed by atoms with E-state index in [9.17, 15) is 4.79 Å². The van der Waals surface area contributed by atoms with Crippen molar-refractivity contribution >= 4 is 17.6 Å². The molecule has 0 saturated heterocycles. The van der Waals surface area contributed by atoms with Gasteiger partial charge in [0.1, 0.15) is 0 Å². The van der Waals surface area contributed by atoms with Crippen LogP contribution in [0.5, 0.6) is 0 Å². The highest BCUT2D eigenvalue weighted by molar-refractivity contribution is 6.17. The van der Waals surface area contributed by atoms with Crippen molar-refractivity contribution in [2.24, 2.45) is 0 Å². The van der Waals surface area contributed by atoms with Crippen molar-refractivity contribution in [1.29, 1.82) is 0 Å². The van der Waals surface area contributed by atoms with E-state index in [4.69, 9.17) is 21.1 Å². The summed E-state index contributed by atoms with van der Waals surface area (Å²) in [5.74, 6) is -0.457. The lowest BCUT2D eigenvalue weighted by Gasteiger charge is -2.10. The Bertz CT molecular complexity index is 129. The molecule has 0 rings (SSSR count). The maximum atomic E-state index is 10.9. The monoisotopic (exact) mass is 196 g/mol. The topological polar surface area (TPSA) is 44.8 Å². The average Bonchev–Trinajstić information content (AvgIpc) is 2.05. The molecule has 0 radical (unpaired) electrons. The number of carbonyl (C=O) groups excluding carboxylic acids is 1. The lowest BCUT2D eigenvalue weighted by Crippen LogP contribution is -2.24. The van der Waals surface area contributed by atoms with Crippen LogP contribution in [0.3, 0.4) is 0 Å². The predicted molar refractivity (Wildman–Crippen MR) is 44.1 cm³/mol. The molecule has 12 heavy (non-hydrogen) atoms. The summed E-state index contributed by atoms with van der Waals surface area (Å²) >= 11 is 5.18. The van der Waals surface area contributed by atoms with Crippen LogP contribution < -0.4 is 0 Å². The van der Waals surface area contributed by atoms with Gasteiger partial charge in [0.05, 0.1) is 13.2 Å². The van der Waals surface area contributed by atoms with Gasteiger partial charge in [-0.05, 0) is 6.92 Å². The van der Waals surface area contributed by atoms with E-state index in [1.165, 1.54) is 0 Å². The minimum absolute atomic E-state index is 0.142. The summed E-state index contributed by atoms with van der Waals surface area (Å²) in [5.41, 5.74) is 0. The van der Waals surface area contributed by atoms with Crippen LogP contribution in [0, 0.1) is 0 Å². The van der Waals surface area contributed by atoms with Gasteiger partial charge < -0.3 is 14.2 Å². The van der Waals surface area contributed by atoms with E-state index in [-0.39, 0.29) is 6.07 Å². The lowest BCUT2D eigenvalue weighted by molar-refractivity contribution is -0.154. The molecule has 0 aromatic rings. The number of esters is 1. The summed E-state index contributed by atoms with van der Waals surface area (Å²) in [5, 5.41) is 0. The molecule has 1 atom stereocenters. The zero-order valence-corrected chi connectivity index (χ0v) is 7.97. The normalized spacial score (nSPS) is 12.6. The number of hydrogen-bond donors (Lipinski definition) is 0. The van der Waals surface area contributed by atoms with Crippen LogP contribution in [-0.4, -0.2) is 38.5 Å². The molecule has 0 aromatic carbocycles. The van der Waals surface area contributed by atoms with Crippen LogP contribution in [0.2, 0.25) is 0 Å². The molecule has 0 fully saturated rings. The molecule has 0 amide bonds. The fraction of sp³-hybridized carbons (Fsp3) is 0.857. The Balaban J connectivity index is 3.42. The van der Waals surface area contributed by atoms with Crippen LogP contribution in [0.4, 0.5) is 0 Å². The molecule has 0 saturated carbocycles. The highest BCUT2D eigenvalue weighted by Crippen LogP contribution is 1.95. The Hall–Kier alpha value is -0.320. The van der Waals surface area contributed by atoms with Crippen molar-refractivity contribution < 1.29 is 19.0 Å². The summed E-state index contributed by atoms with van der Waals surface area (Å²) in [6.45, 7) is 2.43. The summed E-state index contributed by atoms with van der Waals surface area (Å²) in [6.07, 6.45) is -0.584. The number of rotatable bonds is 6. The third-order valence-corrected chi connectivity index (χ3v) is 1.29. The van der Waals surface area contributed by atoms with Gasteiger partial charge >= 0.3 is 5.97 Å². The third-order valence-electron chi connectivity index (χ3n) is 1.18. The SMILES string of the molecule is COCCOC(C)C(=O)OCCl. The highest BCUT2D eigenvalue weighted by atomic mass is 35.5. The molecule has 0 N–H and O–H groups in total. The quantitative estimate of drug-likeness (QED) is 0.358. The molecule has 0 spiro atoms. The molecule has 72 valence electrons. The van der Waals surface area contributed by atoms with Crippen molar-refractivity contribution in [3.05, 3.63) is 0 Å². The minimum Gasteiger partial charge on any atom is -0.447 e. The fourth-order valence-corrected chi connectivity index (χ4v) is 0.655. The van der Waals surface area contributed by atoms with Gasteiger partial charge in [-0.2, -0.15) is 0 Å². The minimum atomic E-state index is -0.584. The van der Waals surface area contributed by atoms with E-state index < -0.39 is 12.1 Å². The van der Waals surface area contributed by atoms with Crippen molar-refractivity contribution in [2.75, 3.05) is 26.4 Å². The van der Waals surface area contributed by atoms with Crippen LogP contribution >= 0.6 is 11.6 Å². The Morgan fingerprint density at radius 3 is 2.67 bits per heavy atom. The summed E-state index contributed by atoms with van der Waals surface area (Å²) in [6, 6.07) is -0.142. The third kappa shape index (κ3) is 5.35. The van der Waals surface area contributed by atoms with E-state index in [2.05, 4.69) is 4.74 Å². The van der Waals surface area contributed by atoms with Crippen LogP contribution in [0.25, 0.3) is 0 Å². The summed E-state index contributed by atoms with van der Waals surface area (Å²) in [4.78, 5) is 10.9. The number of methoxy groups -OCH3 is 1. The van der Waals surface area contributed by atoms with E-state index in [1.807, 2.05) is 0 Å². The maximum Gasteiger partial charge on any atom is 0.336 e. The van der Waals surface area contributed by atoms with E-state index in [1.54, 1.807) is 14.0 Å². The molecule has 5 heteroatoms. The first-order valence-corrected chi connectivity index (χ1v) is 4.09. The van der Waals surface area contributed by atoms with Gasteiger partial charge in [-0.3, -0.25) is 0 Å². The number of alkyl halides is 1. The number of ether oxygens (including phenoxy) is 3. The van der Waals surface area contributed by atoms with Crippen molar-refractivity contribution in [2.45, 2.75) is 13.0 Å². The Morgan fingerprint density at radius 2 is 2.17 bits per heavy atom. The van der Waals surface area contributed by atoms with Crippen LogP contribution in [-0.2, 0) is 19.0 Å². The molecule has 0 bridgehead atoms. The smallest absolute Gasteiger partial charge is 0.336 e. The molecule has 0 aliphatic heterocycles. The predicted octanol–water partition coefficient (Wildman–Crippen LogP) is 0.777. The molecule has 0 aliphatic carbocycles. The lowest BCUT2D eigenvalue weighted by atomic mass is 10.4. The van der Waals surface area contributed by atoms with E-state index in [0.29, 0.717) is 13.2 Å². The van der Waals surface area contributed by atoms with Crippen molar-refractivity contribution in [3.8, 4) is 0 Å². The molecular weight excluding hydrogens is 184 g/mol. The van der Waals surface area contributed by atoms with Crippen LogP contribution in [0.1, 0.15) is 6.92 Å². The molecule has 0 aromatic heterocycles. The Kier molecular flexibility index (Phi) is 7.14. The van der Waals surface area contributed by atoms with Crippen molar-refractivity contribution in [3.63, 3.8) is 0 Å². The highest BCUT2D eigenvalue weighted by Gasteiger charge is 2.13. The first-order valence-electron chi connectivity index (χ1n) is 3.55. The first kappa shape index (κ1) is 11.7. The van der Waals surface area contributed by atoms with E-state index >= 15 is 0 Å². The largest absolute Gasteiger partial charge is 0.447 e. The molecule has 4 nitrogen and oxygen atoms in total. The van der Waals surface area contributed by atoms with Gasteiger partial charge in [0.15, 0.2) is 12.2 Å². The summed E-state index contributed by atoms with van der Waals surface area (Å²) < 4.78 is 14.3.